The van der Waals surface area contributed by atoms with E-state index in [1.54, 1.807) is 18.5 Å². The van der Waals surface area contributed by atoms with E-state index in [2.05, 4.69) is 15.1 Å². The minimum Gasteiger partial charge on any atom is -0.383 e. The molecule has 0 amide bonds. The van der Waals surface area contributed by atoms with Gasteiger partial charge in [0.2, 0.25) is 0 Å². The predicted octanol–water partition coefficient (Wildman–Crippen LogP) is 1.61. The number of hydrogen-bond acceptors (Lipinski definition) is 6. The van der Waals surface area contributed by atoms with Crippen molar-refractivity contribution in [1.29, 1.82) is 0 Å². The molecular weight excluding hydrogens is 302 g/mol. The zero-order valence-electron chi connectivity index (χ0n) is 12.2. The predicted molar refractivity (Wildman–Crippen MR) is 83.1 cm³/mol. The molecular formula is C14H17N5O2S. The molecule has 8 heteroatoms. The Morgan fingerprint density at radius 3 is 2.55 bits per heavy atom. The molecule has 1 aliphatic carbocycles. The molecule has 0 atom stereocenters. The fourth-order valence-corrected chi connectivity index (χ4v) is 3.43. The summed E-state index contributed by atoms with van der Waals surface area (Å²) in [4.78, 5) is 8.17. The van der Waals surface area contributed by atoms with Crippen LogP contribution in [0.3, 0.4) is 0 Å². The molecule has 2 aromatic heterocycles. The number of nitrogens with zero attached hydrogens (tertiary/aromatic N) is 4. The summed E-state index contributed by atoms with van der Waals surface area (Å²) >= 11 is 0. The first-order valence-corrected chi connectivity index (χ1v) is 8.93. The quantitative estimate of drug-likeness (QED) is 0.921. The molecule has 2 N–H and O–H groups in total. The summed E-state index contributed by atoms with van der Waals surface area (Å²) in [5.74, 6) is 0.521. The van der Waals surface area contributed by atoms with E-state index in [4.69, 9.17) is 5.73 Å². The fraction of sp³-hybridized carbons (Fsp3) is 0.357. The van der Waals surface area contributed by atoms with E-state index in [0.29, 0.717) is 5.56 Å². The van der Waals surface area contributed by atoms with Crippen molar-refractivity contribution in [3.05, 3.63) is 30.1 Å². The Labute approximate surface area is 128 Å². The molecule has 22 heavy (non-hydrogen) atoms. The van der Waals surface area contributed by atoms with Crippen LogP contribution in [0.25, 0.3) is 11.5 Å². The average molecular weight is 319 g/mol. The standard InChI is InChI=1S/C14H17N5O2S/c1-22(20,21)13-11(10-6-3-2-4-7-10)12(15)19(18-13)14-16-8-5-9-17-14/h5-6,8-9H,2-4,7,15H2,1H3. The molecule has 116 valence electrons. The summed E-state index contributed by atoms with van der Waals surface area (Å²) in [6, 6.07) is 1.67. The van der Waals surface area contributed by atoms with Gasteiger partial charge in [-0.05, 0) is 37.3 Å². The molecule has 0 fully saturated rings. The van der Waals surface area contributed by atoms with Gasteiger partial charge in [0.15, 0.2) is 14.9 Å². The van der Waals surface area contributed by atoms with Gasteiger partial charge in [-0.2, -0.15) is 9.78 Å². The van der Waals surface area contributed by atoms with Gasteiger partial charge in [0.25, 0.3) is 5.95 Å². The van der Waals surface area contributed by atoms with Gasteiger partial charge in [0.1, 0.15) is 5.82 Å². The van der Waals surface area contributed by atoms with Crippen molar-refractivity contribution < 1.29 is 8.42 Å². The van der Waals surface area contributed by atoms with Crippen LogP contribution in [0.2, 0.25) is 0 Å². The SMILES string of the molecule is CS(=O)(=O)c1nn(-c2ncccn2)c(N)c1C1=CCCCC1. The first-order valence-electron chi connectivity index (χ1n) is 7.04. The highest BCUT2D eigenvalue weighted by Gasteiger charge is 2.27. The van der Waals surface area contributed by atoms with Gasteiger partial charge in [0, 0.05) is 18.6 Å². The van der Waals surface area contributed by atoms with Gasteiger partial charge in [-0.1, -0.05) is 6.08 Å². The molecule has 2 heterocycles. The number of hydrogen-bond donors (Lipinski definition) is 1. The number of aromatic nitrogens is 4. The Hall–Kier alpha value is -2.22. The number of rotatable bonds is 3. The Balaban J connectivity index is 2.24. The van der Waals surface area contributed by atoms with Crippen molar-refractivity contribution in [2.45, 2.75) is 30.7 Å². The zero-order chi connectivity index (χ0) is 15.7. The molecule has 0 spiro atoms. The monoisotopic (exact) mass is 319 g/mol. The lowest BCUT2D eigenvalue weighted by Gasteiger charge is -2.13. The van der Waals surface area contributed by atoms with Crippen molar-refractivity contribution in [3.63, 3.8) is 0 Å². The summed E-state index contributed by atoms with van der Waals surface area (Å²) in [5.41, 5.74) is 7.61. The first kappa shape index (κ1) is 14.7. The third-order valence-electron chi connectivity index (χ3n) is 3.59. The van der Waals surface area contributed by atoms with Gasteiger partial charge < -0.3 is 5.73 Å². The smallest absolute Gasteiger partial charge is 0.252 e. The molecule has 0 aliphatic heterocycles. The van der Waals surface area contributed by atoms with Crippen molar-refractivity contribution in [2.75, 3.05) is 12.0 Å². The third kappa shape index (κ3) is 2.61. The minimum absolute atomic E-state index is 0.00870. The maximum absolute atomic E-state index is 12.1. The van der Waals surface area contributed by atoms with Crippen LogP contribution >= 0.6 is 0 Å². The lowest BCUT2D eigenvalue weighted by Crippen LogP contribution is -2.07. The Bertz CT molecular complexity index is 824. The van der Waals surface area contributed by atoms with Gasteiger partial charge in [0.05, 0.1) is 5.56 Å². The highest BCUT2D eigenvalue weighted by Crippen LogP contribution is 2.35. The second-order valence-corrected chi connectivity index (χ2v) is 7.20. The van der Waals surface area contributed by atoms with Gasteiger partial charge in [-0.25, -0.2) is 18.4 Å². The van der Waals surface area contributed by atoms with Crippen molar-refractivity contribution in [2.24, 2.45) is 0 Å². The van der Waals surface area contributed by atoms with Gasteiger partial charge >= 0.3 is 0 Å². The normalized spacial score (nSPS) is 15.6. The molecule has 0 aromatic carbocycles. The molecule has 0 saturated carbocycles. The Morgan fingerprint density at radius 2 is 1.95 bits per heavy atom. The first-order chi connectivity index (χ1) is 10.5. The van der Waals surface area contributed by atoms with E-state index in [1.807, 2.05) is 6.08 Å². The molecule has 0 saturated heterocycles. The van der Waals surface area contributed by atoms with Crippen LogP contribution in [-0.4, -0.2) is 34.4 Å². The topological polar surface area (TPSA) is 104 Å². The second-order valence-electron chi connectivity index (χ2n) is 5.27. The van der Waals surface area contributed by atoms with Crippen molar-refractivity contribution in [1.82, 2.24) is 19.7 Å². The number of anilines is 1. The van der Waals surface area contributed by atoms with E-state index in [0.717, 1.165) is 37.5 Å². The largest absolute Gasteiger partial charge is 0.383 e. The summed E-state index contributed by atoms with van der Waals surface area (Å²) in [7, 11) is -3.50. The Morgan fingerprint density at radius 1 is 1.23 bits per heavy atom. The summed E-state index contributed by atoms with van der Waals surface area (Å²) < 4.78 is 25.5. The van der Waals surface area contributed by atoms with Crippen LogP contribution in [-0.2, 0) is 9.84 Å². The number of nitrogen functional groups attached to an aromatic ring is 1. The summed E-state index contributed by atoms with van der Waals surface area (Å²) in [6.45, 7) is 0. The fourth-order valence-electron chi connectivity index (χ4n) is 2.59. The summed E-state index contributed by atoms with van der Waals surface area (Å²) in [6.07, 6.45) is 10.1. The number of allylic oxidation sites excluding steroid dienone is 2. The average Bonchev–Trinajstić information content (AvgIpc) is 2.87. The number of sulfone groups is 1. The van der Waals surface area contributed by atoms with Gasteiger partial charge in [-0.3, -0.25) is 0 Å². The molecule has 0 unspecified atom stereocenters. The molecule has 0 radical (unpaired) electrons. The molecule has 1 aliphatic rings. The molecule has 3 rings (SSSR count). The van der Waals surface area contributed by atoms with Crippen LogP contribution in [0.1, 0.15) is 31.2 Å². The van der Waals surface area contributed by atoms with Gasteiger partial charge in [-0.15, -0.1) is 0 Å². The lowest BCUT2D eigenvalue weighted by atomic mass is 9.95. The van der Waals surface area contributed by atoms with E-state index in [-0.39, 0.29) is 16.8 Å². The van der Waals surface area contributed by atoms with E-state index >= 15 is 0 Å². The highest BCUT2D eigenvalue weighted by atomic mass is 32.2. The van der Waals surface area contributed by atoms with Crippen LogP contribution in [0.4, 0.5) is 5.82 Å². The van der Waals surface area contributed by atoms with E-state index in [9.17, 15) is 8.42 Å². The maximum Gasteiger partial charge on any atom is 0.252 e. The summed E-state index contributed by atoms with van der Waals surface area (Å²) in [5, 5.41) is 4.16. The van der Waals surface area contributed by atoms with Crippen LogP contribution in [0.5, 0.6) is 0 Å². The second kappa shape index (κ2) is 5.53. The van der Waals surface area contributed by atoms with Crippen LogP contribution in [0.15, 0.2) is 29.6 Å². The molecule has 7 nitrogen and oxygen atoms in total. The number of nitrogens with two attached hydrogens (primary N) is 1. The molecule has 2 aromatic rings. The van der Waals surface area contributed by atoms with Crippen molar-refractivity contribution in [3.8, 4) is 5.95 Å². The van der Waals surface area contributed by atoms with E-state index in [1.165, 1.54) is 4.68 Å². The lowest BCUT2D eigenvalue weighted by molar-refractivity contribution is 0.595. The molecule has 0 bridgehead atoms. The van der Waals surface area contributed by atoms with Crippen LogP contribution in [0, 0.1) is 0 Å². The Kier molecular flexibility index (Phi) is 3.69. The van der Waals surface area contributed by atoms with Crippen molar-refractivity contribution >= 4 is 21.2 Å². The highest BCUT2D eigenvalue weighted by molar-refractivity contribution is 7.90. The van der Waals surface area contributed by atoms with Crippen LogP contribution < -0.4 is 5.73 Å². The van der Waals surface area contributed by atoms with E-state index < -0.39 is 9.84 Å². The minimum atomic E-state index is -3.50. The third-order valence-corrected chi connectivity index (χ3v) is 4.58. The zero-order valence-corrected chi connectivity index (χ0v) is 13.0. The maximum atomic E-state index is 12.1.